The highest BCUT2D eigenvalue weighted by molar-refractivity contribution is 8.76. The number of allylic oxidation sites excluding steroid dienone is 4. The molecule has 2 atom stereocenters. The first-order valence-electron chi connectivity index (χ1n) is 30.1. The molecule has 0 saturated heterocycles. The molecule has 0 spiro atoms. The summed E-state index contributed by atoms with van der Waals surface area (Å²) in [5, 5.41) is 9.06. The second kappa shape index (κ2) is 56.4. The molecule has 5 N–H and O–H groups in total. The van der Waals surface area contributed by atoms with Crippen molar-refractivity contribution in [3.63, 3.8) is 0 Å². The van der Waals surface area contributed by atoms with Gasteiger partial charge in [0.1, 0.15) is 12.1 Å². The molecule has 0 aromatic heterocycles. The van der Waals surface area contributed by atoms with Gasteiger partial charge in [0.15, 0.2) is 0 Å². The summed E-state index contributed by atoms with van der Waals surface area (Å²) in [5.74, 6) is 0.560. The van der Waals surface area contributed by atoms with Gasteiger partial charge in [-0.05, 0) is 83.5 Å². The number of rotatable bonds is 56. The lowest BCUT2D eigenvalue weighted by Crippen LogP contribution is -2.47. The van der Waals surface area contributed by atoms with Gasteiger partial charge in [0.2, 0.25) is 23.6 Å². The fourth-order valence-corrected chi connectivity index (χ4v) is 11.1. The van der Waals surface area contributed by atoms with E-state index in [1.54, 1.807) is 21.6 Å². The Labute approximate surface area is 441 Å². The summed E-state index contributed by atoms with van der Waals surface area (Å²) in [6, 6.07) is -1.25. The highest BCUT2D eigenvalue weighted by Gasteiger charge is 2.21. The Morgan fingerprint density at radius 1 is 0.386 bits per heavy atom. The van der Waals surface area contributed by atoms with E-state index in [9.17, 15) is 19.2 Å². The van der Waals surface area contributed by atoms with Gasteiger partial charge in [0.25, 0.3) is 0 Å². The van der Waals surface area contributed by atoms with Crippen molar-refractivity contribution in [2.24, 2.45) is 5.73 Å². The Morgan fingerprint density at radius 3 is 1.01 bits per heavy atom. The summed E-state index contributed by atoms with van der Waals surface area (Å²) in [5.41, 5.74) is 5.69. The number of amides is 4. The van der Waals surface area contributed by atoms with Gasteiger partial charge in [-0.2, -0.15) is 0 Å². The maximum absolute atomic E-state index is 13.4. The number of carbonyl (C=O) groups excluding carboxylic acids is 4. The molecule has 410 valence electrons. The molecule has 0 saturated carbocycles. The average Bonchev–Trinajstić information content (AvgIpc) is 3.35. The predicted octanol–water partition coefficient (Wildman–Crippen LogP) is 17.3. The fraction of sp³-hybridized carbons (Fsp3) is 0.867. The van der Waals surface area contributed by atoms with Crippen molar-refractivity contribution >= 4 is 45.2 Å². The first-order chi connectivity index (χ1) is 34.3. The quantitative estimate of drug-likeness (QED) is 0.0273. The molecule has 0 radical (unpaired) electrons. The smallest absolute Gasteiger partial charge is 0.242 e. The molecule has 10 heteroatoms. The van der Waals surface area contributed by atoms with Crippen LogP contribution in [-0.4, -0.2) is 53.8 Å². The van der Waals surface area contributed by atoms with Crippen LogP contribution >= 0.6 is 21.6 Å². The maximum atomic E-state index is 13.4. The SMILES string of the molecule is CCCCCCCC/C=C/CCCCCCCC(=O)NC(CCSSCCC(NC(=O)CCCCCCC/C=C/CCCCCCCC)C(=O)NCCCCCCCCCCCCCCCC)C(N)=O. The topological polar surface area (TPSA) is 130 Å². The van der Waals surface area contributed by atoms with Crippen molar-refractivity contribution in [1.29, 1.82) is 0 Å². The average molecular weight is 1020 g/mol. The van der Waals surface area contributed by atoms with Gasteiger partial charge >= 0.3 is 0 Å². The van der Waals surface area contributed by atoms with Gasteiger partial charge in [-0.3, -0.25) is 19.2 Å². The van der Waals surface area contributed by atoms with Gasteiger partial charge in [0, 0.05) is 30.9 Å². The van der Waals surface area contributed by atoms with Crippen molar-refractivity contribution in [3.8, 4) is 0 Å². The van der Waals surface area contributed by atoms with E-state index in [4.69, 9.17) is 5.73 Å². The summed E-state index contributed by atoms with van der Waals surface area (Å²) in [6.45, 7) is 7.44. The van der Waals surface area contributed by atoms with Crippen molar-refractivity contribution in [2.45, 2.75) is 315 Å². The molecule has 0 aromatic rings. The number of unbranched alkanes of at least 4 members (excludes halogenated alkanes) is 35. The number of nitrogens with two attached hydrogens (primary N) is 1. The number of hydrogen-bond donors (Lipinski definition) is 4. The van der Waals surface area contributed by atoms with Gasteiger partial charge < -0.3 is 21.7 Å². The summed E-state index contributed by atoms with van der Waals surface area (Å²) in [4.78, 5) is 51.3. The standard InChI is InChI=1S/C60H114N4O4S2/c1-4-7-10-13-16-19-22-25-28-30-33-36-39-42-45-48-57(65)63-55(59(61)67)50-53-69-70-54-51-56(60(68)62-52-47-44-41-38-35-32-27-24-21-18-15-12-9-6-3)64-58(66)49-46-43-40-37-34-31-29-26-23-20-17-14-11-8-5-2/h25-26,28-29,55-56H,4-24,27,30-54H2,1-3H3,(H2,61,67)(H,62,68)(H,63,65)(H,64,66)/b28-25+,29-26+. The highest BCUT2D eigenvalue weighted by Crippen LogP contribution is 2.24. The minimum atomic E-state index is -0.687. The third-order valence-corrected chi connectivity index (χ3v) is 16.0. The molecule has 70 heavy (non-hydrogen) atoms. The van der Waals surface area contributed by atoms with E-state index in [1.165, 1.54) is 193 Å². The first-order valence-corrected chi connectivity index (χ1v) is 32.5. The van der Waals surface area contributed by atoms with Crippen LogP contribution in [-0.2, 0) is 19.2 Å². The molecule has 0 rings (SSSR count). The first kappa shape index (κ1) is 68.1. The van der Waals surface area contributed by atoms with Crippen molar-refractivity contribution in [3.05, 3.63) is 24.3 Å². The van der Waals surface area contributed by atoms with Crippen LogP contribution < -0.4 is 21.7 Å². The van der Waals surface area contributed by atoms with Gasteiger partial charge in [-0.25, -0.2) is 0 Å². The fourth-order valence-electron chi connectivity index (χ4n) is 8.90. The second-order valence-corrected chi connectivity index (χ2v) is 23.1. The third kappa shape index (κ3) is 51.0. The lowest BCUT2D eigenvalue weighted by atomic mass is 10.0. The largest absolute Gasteiger partial charge is 0.368 e. The van der Waals surface area contributed by atoms with Crippen LogP contribution in [0, 0.1) is 0 Å². The molecule has 0 aliphatic rings. The Hall–Kier alpha value is -1.94. The molecule has 8 nitrogen and oxygen atoms in total. The Kier molecular flexibility index (Phi) is 54.8. The van der Waals surface area contributed by atoms with Crippen LogP contribution in [0.4, 0.5) is 0 Å². The van der Waals surface area contributed by atoms with E-state index in [0.717, 1.165) is 64.2 Å². The van der Waals surface area contributed by atoms with E-state index < -0.39 is 18.0 Å². The molecule has 0 aromatic carbocycles. The molecule has 0 fully saturated rings. The van der Waals surface area contributed by atoms with Gasteiger partial charge in [0.05, 0.1) is 0 Å². The highest BCUT2D eigenvalue weighted by atomic mass is 33.1. The normalized spacial score (nSPS) is 12.5. The van der Waals surface area contributed by atoms with E-state index >= 15 is 0 Å². The van der Waals surface area contributed by atoms with Crippen LogP contribution in [0.5, 0.6) is 0 Å². The molecular weight excluding hydrogens is 905 g/mol. The number of primary amides is 1. The van der Waals surface area contributed by atoms with E-state index in [1.807, 2.05) is 0 Å². The molecule has 0 bridgehead atoms. The van der Waals surface area contributed by atoms with Crippen LogP contribution in [0.2, 0.25) is 0 Å². The van der Waals surface area contributed by atoms with Crippen LogP contribution in [0.3, 0.4) is 0 Å². The van der Waals surface area contributed by atoms with Crippen molar-refractivity contribution in [2.75, 3.05) is 18.1 Å². The lowest BCUT2D eigenvalue weighted by molar-refractivity contribution is -0.129. The zero-order valence-corrected chi connectivity index (χ0v) is 47.9. The van der Waals surface area contributed by atoms with Crippen molar-refractivity contribution in [1.82, 2.24) is 16.0 Å². The zero-order chi connectivity index (χ0) is 51.1. The van der Waals surface area contributed by atoms with E-state index in [2.05, 4.69) is 61.0 Å². The molecule has 4 amide bonds. The lowest BCUT2D eigenvalue weighted by Gasteiger charge is -2.19. The van der Waals surface area contributed by atoms with Gasteiger partial charge in [-0.15, -0.1) is 0 Å². The van der Waals surface area contributed by atoms with Crippen LogP contribution in [0.15, 0.2) is 24.3 Å². The minimum absolute atomic E-state index is 0.0475. The zero-order valence-electron chi connectivity index (χ0n) is 46.2. The van der Waals surface area contributed by atoms with Crippen molar-refractivity contribution < 1.29 is 19.2 Å². The number of hydrogen-bond acceptors (Lipinski definition) is 6. The van der Waals surface area contributed by atoms with E-state index in [-0.39, 0.29) is 17.7 Å². The van der Waals surface area contributed by atoms with Gasteiger partial charge in [-0.1, -0.05) is 253 Å². The van der Waals surface area contributed by atoms with Crippen LogP contribution in [0.25, 0.3) is 0 Å². The number of carbonyl (C=O) groups is 4. The monoisotopic (exact) mass is 1020 g/mol. The minimum Gasteiger partial charge on any atom is -0.368 e. The molecule has 0 aliphatic heterocycles. The molecule has 2 unspecified atom stereocenters. The Balaban J connectivity index is 4.53. The summed E-state index contributed by atoms with van der Waals surface area (Å²) >= 11 is 0. The van der Waals surface area contributed by atoms with E-state index in [0.29, 0.717) is 43.7 Å². The predicted molar refractivity (Wildman–Crippen MR) is 309 cm³/mol. The van der Waals surface area contributed by atoms with Crippen LogP contribution in [0.1, 0.15) is 303 Å². The Bertz CT molecular complexity index is 1230. The summed E-state index contributed by atoms with van der Waals surface area (Å²) < 4.78 is 0. The molecule has 0 aliphatic carbocycles. The number of nitrogens with one attached hydrogen (secondary N) is 3. The summed E-state index contributed by atoms with van der Waals surface area (Å²) in [7, 11) is 3.25. The second-order valence-electron chi connectivity index (χ2n) is 20.4. The molecule has 0 heterocycles. The summed E-state index contributed by atoms with van der Waals surface area (Å²) in [6.07, 6.45) is 60.9. The Morgan fingerprint density at radius 2 is 0.671 bits per heavy atom. The molecular formula is C60H114N4O4S2. The third-order valence-electron chi connectivity index (χ3n) is 13.6. The maximum Gasteiger partial charge on any atom is 0.242 e.